The van der Waals surface area contributed by atoms with Crippen LogP contribution >= 0.6 is 0 Å². The molecule has 2 nitrogen and oxygen atoms in total. The maximum atomic E-state index is 2.66. The molecule has 0 saturated heterocycles. The third kappa shape index (κ3) is 2.78. The van der Waals surface area contributed by atoms with Crippen molar-refractivity contribution in [2.24, 2.45) is 0 Å². The Labute approximate surface area is 101 Å². The normalized spacial score (nSPS) is 24.8. The van der Waals surface area contributed by atoms with Gasteiger partial charge in [-0.15, -0.1) is 5.01 Å². The first-order valence-electron chi connectivity index (χ1n) is 7.32. The summed E-state index contributed by atoms with van der Waals surface area (Å²) in [5.41, 5.74) is 0. The second-order valence-corrected chi connectivity index (χ2v) is 5.56. The molecule has 2 aliphatic rings. The lowest BCUT2D eigenvalue weighted by molar-refractivity contribution is 0.0121. The summed E-state index contributed by atoms with van der Waals surface area (Å²) in [5.74, 6) is 0. The van der Waals surface area contributed by atoms with Crippen molar-refractivity contribution in [3.05, 3.63) is 0 Å². The van der Waals surface area contributed by atoms with Crippen molar-refractivity contribution in [1.82, 2.24) is 10.0 Å². The van der Waals surface area contributed by atoms with Gasteiger partial charge in [-0.1, -0.05) is 24.3 Å². The Bertz CT molecular complexity index is 193. The van der Waals surface area contributed by atoms with Crippen molar-refractivity contribution >= 4 is 0 Å². The molecule has 2 fully saturated rings. The molecule has 0 spiro atoms. The van der Waals surface area contributed by atoms with Crippen LogP contribution in [-0.2, 0) is 0 Å². The highest BCUT2D eigenvalue weighted by Crippen LogP contribution is 2.27. The van der Waals surface area contributed by atoms with E-state index in [1.807, 2.05) is 0 Å². The summed E-state index contributed by atoms with van der Waals surface area (Å²) < 4.78 is 0. The molecule has 0 aliphatic heterocycles. The van der Waals surface area contributed by atoms with Gasteiger partial charge >= 0.3 is 0 Å². The molecule has 0 aromatic rings. The van der Waals surface area contributed by atoms with Gasteiger partial charge in [-0.2, -0.15) is 0 Å². The van der Waals surface area contributed by atoms with E-state index in [-0.39, 0.29) is 0 Å². The zero-order valence-corrected chi connectivity index (χ0v) is 11.1. The third-order valence-corrected chi connectivity index (χ3v) is 4.58. The Hall–Kier alpha value is -0.0800. The average Bonchev–Trinajstić information content (AvgIpc) is 2.85. The smallest absolute Gasteiger partial charge is 0.106 e. The summed E-state index contributed by atoms with van der Waals surface area (Å²) in [6.45, 7) is 3.51. The van der Waals surface area contributed by atoms with Crippen LogP contribution in [0, 0.1) is 0 Å². The first kappa shape index (κ1) is 12.4. The molecule has 0 bridgehead atoms. The maximum absolute atomic E-state index is 2.66. The third-order valence-electron chi connectivity index (χ3n) is 4.58. The number of nitrogens with zero attached hydrogens (tertiary/aromatic N) is 2. The lowest BCUT2D eigenvalue weighted by atomic mass is 9.95. The molecule has 0 amide bonds. The van der Waals surface area contributed by atoms with Crippen molar-refractivity contribution in [2.75, 3.05) is 13.6 Å². The van der Waals surface area contributed by atoms with E-state index >= 15 is 0 Å². The summed E-state index contributed by atoms with van der Waals surface area (Å²) in [7, 11) is 2.33. The van der Waals surface area contributed by atoms with E-state index in [4.69, 9.17) is 0 Å². The van der Waals surface area contributed by atoms with Gasteiger partial charge in [0.1, 0.15) is 6.54 Å². The number of hydrogen-bond acceptors (Lipinski definition) is 2. The molecule has 2 rings (SSSR count). The minimum atomic E-state index is 0.835. The molecular formula is C14H28N2+. The Morgan fingerprint density at radius 2 is 1.50 bits per heavy atom. The van der Waals surface area contributed by atoms with Gasteiger partial charge in [-0.25, -0.2) is 0 Å². The lowest BCUT2D eigenvalue weighted by Crippen LogP contribution is -2.55. The van der Waals surface area contributed by atoms with Gasteiger partial charge in [-0.05, 0) is 32.6 Å². The topological polar surface area (TPSA) is 9.14 Å². The second kappa shape index (κ2) is 6.02. The summed E-state index contributed by atoms with van der Waals surface area (Å²) in [6, 6.07) is 1.67. The highest BCUT2D eigenvalue weighted by Gasteiger charge is 2.36. The van der Waals surface area contributed by atoms with Gasteiger partial charge in [-0.3, -0.25) is 0 Å². The maximum Gasteiger partial charge on any atom is 0.154 e. The van der Waals surface area contributed by atoms with Gasteiger partial charge in [0.25, 0.3) is 0 Å². The van der Waals surface area contributed by atoms with Gasteiger partial charge in [0, 0.05) is 19.9 Å². The van der Waals surface area contributed by atoms with Crippen LogP contribution < -0.4 is 5.01 Å². The van der Waals surface area contributed by atoms with Crippen LogP contribution in [0.3, 0.4) is 0 Å². The van der Waals surface area contributed by atoms with Gasteiger partial charge in [0.15, 0.2) is 6.04 Å². The van der Waals surface area contributed by atoms with Crippen molar-refractivity contribution in [3.8, 4) is 0 Å². The summed E-state index contributed by atoms with van der Waals surface area (Å²) >= 11 is 0. The number of rotatable bonds is 4. The van der Waals surface area contributed by atoms with E-state index in [0.717, 1.165) is 12.1 Å². The van der Waals surface area contributed by atoms with Crippen LogP contribution in [0.15, 0.2) is 0 Å². The largest absolute Gasteiger partial charge is 0.154 e. The van der Waals surface area contributed by atoms with Gasteiger partial charge < -0.3 is 0 Å². The highest BCUT2D eigenvalue weighted by atomic mass is 15.6. The molecule has 0 aromatic carbocycles. The molecule has 16 heavy (non-hydrogen) atoms. The zero-order chi connectivity index (χ0) is 11.4. The molecule has 0 atom stereocenters. The highest BCUT2D eigenvalue weighted by molar-refractivity contribution is 4.82. The molecule has 0 unspecified atom stereocenters. The SMILES string of the molecule is CC[N+](C1CCCCC1)N(C)C1CCCC1. The van der Waals surface area contributed by atoms with Crippen molar-refractivity contribution in [1.29, 1.82) is 0 Å². The summed E-state index contributed by atoms with van der Waals surface area (Å²) in [6.07, 6.45) is 12.9. The Morgan fingerprint density at radius 3 is 2.06 bits per heavy atom. The van der Waals surface area contributed by atoms with E-state index in [9.17, 15) is 0 Å². The first-order valence-corrected chi connectivity index (χ1v) is 7.32. The van der Waals surface area contributed by atoms with E-state index in [1.165, 1.54) is 64.3 Å². The number of hydrogen-bond donors (Lipinski definition) is 0. The molecule has 2 aliphatic carbocycles. The Balaban J connectivity index is 1.91. The second-order valence-electron chi connectivity index (χ2n) is 5.56. The summed E-state index contributed by atoms with van der Waals surface area (Å²) in [5, 5.41) is 5.25. The fraction of sp³-hybridized carbons (Fsp3) is 1.00. The fourth-order valence-electron chi connectivity index (χ4n) is 3.61. The van der Waals surface area contributed by atoms with Gasteiger partial charge in [0.2, 0.25) is 0 Å². The van der Waals surface area contributed by atoms with Crippen LogP contribution in [0.1, 0.15) is 64.7 Å². The van der Waals surface area contributed by atoms with Crippen molar-refractivity contribution in [3.63, 3.8) is 0 Å². The van der Waals surface area contributed by atoms with E-state index in [0.29, 0.717) is 0 Å². The summed E-state index contributed by atoms with van der Waals surface area (Å²) in [4.78, 5) is 0. The van der Waals surface area contributed by atoms with E-state index in [2.05, 4.69) is 24.0 Å². The Kier molecular flexibility index (Phi) is 4.66. The molecule has 0 aromatic heterocycles. The van der Waals surface area contributed by atoms with Crippen molar-refractivity contribution < 1.29 is 0 Å². The predicted octanol–water partition coefficient (Wildman–Crippen LogP) is 3.27. The molecule has 1 radical (unpaired) electrons. The number of hydrazine groups is 1. The minimum absolute atomic E-state index is 0.835. The van der Waals surface area contributed by atoms with E-state index < -0.39 is 0 Å². The quantitative estimate of drug-likeness (QED) is 0.526. The van der Waals surface area contributed by atoms with Crippen LogP contribution in [0.4, 0.5) is 0 Å². The van der Waals surface area contributed by atoms with Crippen LogP contribution in [0.2, 0.25) is 0 Å². The minimum Gasteiger partial charge on any atom is -0.106 e. The predicted molar refractivity (Wildman–Crippen MR) is 69.6 cm³/mol. The molecule has 2 heteroatoms. The molecule has 0 N–H and O–H groups in total. The Morgan fingerprint density at radius 1 is 0.938 bits per heavy atom. The van der Waals surface area contributed by atoms with E-state index in [1.54, 1.807) is 0 Å². The monoisotopic (exact) mass is 224 g/mol. The molecule has 0 heterocycles. The zero-order valence-electron chi connectivity index (χ0n) is 11.1. The molecule has 93 valence electrons. The molecular weight excluding hydrogens is 196 g/mol. The van der Waals surface area contributed by atoms with Crippen LogP contribution in [0.25, 0.3) is 0 Å². The molecule has 2 saturated carbocycles. The first-order chi connectivity index (χ1) is 7.83. The van der Waals surface area contributed by atoms with Gasteiger partial charge in [0.05, 0.1) is 6.04 Å². The van der Waals surface area contributed by atoms with Crippen LogP contribution in [-0.4, -0.2) is 30.7 Å². The lowest BCUT2D eigenvalue weighted by Gasteiger charge is -2.32. The average molecular weight is 224 g/mol. The fourth-order valence-corrected chi connectivity index (χ4v) is 3.61. The van der Waals surface area contributed by atoms with Crippen molar-refractivity contribution in [2.45, 2.75) is 76.8 Å². The standard InChI is InChI=1S/C14H28N2/c1-3-16(14-11-5-4-6-12-14)15(2)13-9-7-8-10-13/h13-14H,3-12H2,1-2H3/q+1. The van der Waals surface area contributed by atoms with Crippen LogP contribution in [0.5, 0.6) is 0 Å².